The average Bonchev–Trinajstić information content (AvgIpc) is 2.83. The van der Waals surface area contributed by atoms with Crippen LogP contribution in [0.15, 0.2) is 66.7 Å². The van der Waals surface area contributed by atoms with Gasteiger partial charge in [-0.1, -0.05) is 87.5 Å². The van der Waals surface area contributed by atoms with Crippen molar-refractivity contribution in [3.63, 3.8) is 0 Å². The Labute approximate surface area is 183 Å². The van der Waals surface area contributed by atoms with Crippen LogP contribution in [0, 0.1) is 0 Å². The normalized spacial score (nSPS) is 7.83. The van der Waals surface area contributed by atoms with Crippen LogP contribution in [-0.2, 0) is 6.42 Å². The Morgan fingerprint density at radius 3 is 1.10 bits per heavy atom. The molecule has 0 spiro atoms. The van der Waals surface area contributed by atoms with Gasteiger partial charge in [0.15, 0.2) is 0 Å². The zero-order valence-electron chi connectivity index (χ0n) is 19.8. The maximum absolute atomic E-state index is 10.2. The second-order valence-electron chi connectivity index (χ2n) is 5.21. The summed E-state index contributed by atoms with van der Waals surface area (Å²) < 4.78 is 0. The van der Waals surface area contributed by atoms with Crippen LogP contribution in [0.5, 0.6) is 0 Å². The van der Waals surface area contributed by atoms with Gasteiger partial charge in [0.1, 0.15) is 0 Å². The van der Waals surface area contributed by atoms with E-state index in [1.807, 2.05) is 70.2 Å². The van der Waals surface area contributed by atoms with E-state index in [-0.39, 0.29) is 12.1 Å². The molecule has 0 saturated heterocycles. The molecule has 0 aromatic heterocycles. The Balaban J connectivity index is -0.000000316. The van der Waals surface area contributed by atoms with Gasteiger partial charge in [-0.3, -0.25) is 0 Å². The number of hydrogen-bond donors (Lipinski definition) is 4. The summed E-state index contributed by atoms with van der Waals surface area (Å²) in [5.74, 6) is 0. The highest BCUT2D eigenvalue weighted by molar-refractivity contribution is 5.73. The van der Waals surface area contributed by atoms with Crippen LogP contribution < -0.4 is 21.3 Å². The molecule has 0 heterocycles. The number of amides is 4. The van der Waals surface area contributed by atoms with Gasteiger partial charge in [0.2, 0.25) is 0 Å². The minimum Gasteiger partial charge on any atom is -0.341 e. The molecule has 4 N–H and O–H groups in total. The first-order valence-electron chi connectivity index (χ1n) is 10.5. The van der Waals surface area contributed by atoms with Crippen molar-refractivity contribution in [1.82, 2.24) is 21.3 Å². The van der Waals surface area contributed by atoms with Crippen molar-refractivity contribution < 1.29 is 9.59 Å². The molecule has 6 nitrogen and oxygen atoms in total. The molecule has 0 radical (unpaired) electrons. The Morgan fingerprint density at radius 2 is 0.933 bits per heavy atom. The zero-order chi connectivity index (χ0) is 23.5. The number of carbonyl (C=O) groups excluding carboxylic acids is 2. The summed E-state index contributed by atoms with van der Waals surface area (Å²) in [5.41, 5.74) is 1.41. The van der Waals surface area contributed by atoms with E-state index in [1.165, 1.54) is 5.56 Å². The molecular formula is C24H42N4O2. The van der Waals surface area contributed by atoms with Gasteiger partial charge in [-0.05, 0) is 25.8 Å². The van der Waals surface area contributed by atoms with Gasteiger partial charge in [0.25, 0.3) is 0 Å². The van der Waals surface area contributed by atoms with Crippen molar-refractivity contribution in [2.45, 2.75) is 41.0 Å². The third kappa shape index (κ3) is 27.2. The van der Waals surface area contributed by atoms with Gasteiger partial charge < -0.3 is 21.3 Å². The summed E-state index contributed by atoms with van der Waals surface area (Å²) in [7, 11) is 3.18. The van der Waals surface area contributed by atoms with Crippen LogP contribution in [0.25, 0.3) is 0 Å². The second-order valence-corrected chi connectivity index (χ2v) is 5.21. The molecule has 0 saturated carbocycles. The maximum atomic E-state index is 10.2. The first-order valence-corrected chi connectivity index (χ1v) is 10.5. The molecular weight excluding hydrogens is 376 g/mol. The van der Waals surface area contributed by atoms with Crippen molar-refractivity contribution in [3.05, 3.63) is 72.3 Å². The van der Waals surface area contributed by atoms with Gasteiger partial charge >= 0.3 is 12.1 Å². The number of rotatable bonds is 3. The summed E-state index contributed by atoms with van der Waals surface area (Å²) in [6.07, 6.45) is 1.14. The molecule has 0 fully saturated rings. The quantitative estimate of drug-likeness (QED) is 0.576. The van der Waals surface area contributed by atoms with Crippen LogP contribution in [0.3, 0.4) is 0 Å². The summed E-state index contributed by atoms with van der Waals surface area (Å²) >= 11 is 0. The first-order chi connectivity index (χ1) is 14.5. The number of benzene rings is 2. The molecule has 6 heteroatoms. The van der Waals surface area contributed by atoms with E-state index in [2.05, 4.69) is 52.5 Å². The minimum atomic E-state index is -0.123. The van der Waals surface area contributed by atoms with Crippen molar-refractivity contribution >= 4 is 12.1 Å². The van der Waals surface area contributed by atoms with Crippen molar-refractivity contribution in [1.29, 1.82) is 0 Å². The Kier molecular flexibility index (Phi) is 29.8. The topological polar surface area (TPSA) is 82.3 Å². The van der Waals surface area contributed by atoms with Crippen LogP contribution >= 0.6 is 0 Å². The molecule has 0 aliphatic carbocycles. The lowest BCUT2D eigenvalue weighted by Crippen LogP contribution is -2.32. The van der Waals surface area contributed by atoms with Gasteiger partial charge in [0.05, 0.1) is 0 Å². The number of carbonyl (C=O) groups is 2. The van der Waals surface area contributed by atoms with E-state index in [0.717, 1.165) is 6.42 Å². The molecule has 2 rings (SSSR count). The lowest BCUT2D eigenvalue weighted by molar-refractivity contribution is 0.242. The Bertz CT molecular complexity index is 534. The largest absolute Gasteiger partial charge is 0.341 e. The number of nitrogens with one attached hydrogen (secondary N) is 4. The number of hydrogen-bond acceptors (Lipinski definition) is 2. The van der Waals surface area contributed by atoms with Crippen LogP contribution in [0.1, 0.15) is 40.2 Å². The fraction of sp³-hybridized carbons (Fsp3) is 0.417. The maximum Gasteiger partial charge on any atom is 0.314 e. The van der Waals surface area contributed by atoms with Gasteiger partial charge in [-0.15, -0.1) is 0 Å². The third-order valence-electron chi connectivity index (χ3n) is 3.05. The average molecular weight is 419 g/mol. The first kappa shape index (κ1) is 31.7. The van der Waals surface area contributed by atoms with Gasteiger partial charge in [-0.2, -0.15) is 0 Å². The molecule has 2 aromatic rings. The molecule has 2 aromatic carbocycles. The van der Waals surface area contributed by atoms with Crippen LogP contribution in [0.2, 0.25) is 0 Å². The highest BCUT2D eigenvalue weighted by atomic mass is 16.2. The molecule has 0 bridgehead atoms. The lowest BCUT2D eigenvalue weighted by atomic mass is 10.2. The highest BCUT2D eigenvalue weighted by Crippen LogP contribution is 1.96. The molecule has 4 amide bonds. The monoisotopic (exact) mass is 418 g/mol. The Morgan fingerprint density at radius 1 is 0.633 bits per heavy atom. The highest BCUT2D eigenvalue weighted by Gasteiger charge is 1.87. The van der Waals surface area contributed by atoms with Gasteiger partial charge in [0, 0.05) is 27.2 Å². The molecule has 0 atom stereocenters. The lowest BCUT2D eigenvalue weighted by Gasteiger charge is -1.96. The molecule has 0 aliphatic heterocycles. The van der Waals surface area contributed by atoms with E-state index >= 15 is 0 Å². The van der Waals surface area contributed by atoms with Crippen molar-refractivity contribution in [2.75, 3.05) is 27.2 Å². The summed E-state index contributed by atoms with van der Waals surface area (Å²) in [4.78, 5) is 20.4. The van der Waals surface area contributed by atoms with E-state index in [0.29, 0.717) is 13.1 Å². The van der Waals surface area contributed by atoms with E-state index in [4.69, 9.17) is 0 Å². The third-order valence-corrected chi connectivity index (χ3v) is 3.05. The fourth-order valence-corrected chi connectivity index (χ4v) is 1.60. The fourth-order valence-electron chi connectivity index (χ4n) is 1.60. The predicted molar refractivity (Wildman–Crippen MR) is 130 cm³/mol. The summed E-state index contributed by atoms with van der Waals surface area (Å²) in [6.45, 7) is 11.3. The van der Waals surface area contributed by atoms with Crippen molar-refractivity contribution in [3.8, 4) is 0 Å². The molecule has 30 heavy (non-hydrogen) atoms. The van der Waals surface area contributed by atoms with E-state index in [1.54, 1.807) is 14.1 Å². The van der Waals surface area contributed by atoms with E-state index < -0.39 is 0 Å². The molecule has 0 unspecified atom stereocenters. The zero-order valence-corrected chi connectivity index (χ0v) is 19.8. The Hall–Kier alpha value is -3.02. The second kappa shape index (κ2) is 28.2. The summed E-state index contributed by atoms with van der Waals surface area (Å²) in [6, 6.07) is 22.2. The number of aryl methyl sites for hydroxylation is 1. The predicted octanol–water partition coefficient (Wildman–Crippen LogP) is 4.83. The minimum absolute atomic E-state index is 0.123. The van der Waals surface area contributed by atoms with Gasteiger partial charge in [-0.25, -0.2) is 9.59 Å². The van der Waals surface area contributed by atoms with E-state index in [9.17, 15) is 9.59 Å². The van der Waals surface area contributed by atoms with Crippen LogP contribution in [0.4, 0.5) is 9.59 Å². The summed E-state index contributed by atoms with van der Waals surface area (Å²) in [5, 5.41) is 9.92. The SMILES string of the molecule is CC.CCNC(=O)NC.CCNC(=O)NC.CCc1ccccc1.c1ccccc1. The van der Waals surface area contributed by atoms with Crippen molar-refractivity contribution in [2.24, 2.45) is 0 Å². The smallest absolute Gasteiger partial charge is 0.314 e. The number of urea groups is 2. The molecule has 0 aliphatic rings. The van der Waals surface area contributed by atoms with Crippen LogP contribution in [-0.4, -0.2) is 39.2 Å². The standard InChI is InChI=1S/C8H10.C6H6.2C4H10N2O.C2H6/c1-2-8-6-4-3-5-7-8;1-2-4-6-5-3-1;2*1-3-6-4(7)5-2;1-2/h3-7H,2H2,1H3;1-6H;2*3H2,1-2H3,(H2,5,6,7);1-2H3. The molecule has 170 valence electrons.